The Hall–Kier alpha value is -0.489. The first-order valence-electron chi connectivity index (χ1n) is 5.21. The summed E-state index contributed by atoms with van der Waals surface area (Å²) in [6.45, 7) is -5.48. The van der Waals surface area contributed by atoms with E-state index in [0.717, 1.165) is 6.07 Å². The Kier molecular flexibility index (Phi) is 6.13. The van der Waals surface area contributed by atoms with Gasteiger partial charge in [0, 0.05) is 6.07 Å². The van der Waals surface area contributed by atoms with E-state index in [1.165, 1.54) is 4.80 Å². The van der Waals surface area contributed by atoms with E-state index < -0.39 is 18.3 Å². The van der Waals surface area contributed by atoms with Gasteiger partial charge in [-0.2, -0.15) is 4.80 Å². The minimum absolute atomic E-state index is 0. The molecule has 0 aliphatic heterocycles. The maximum absolute atomic E-state index is 13.2. The average Bonchev–Trinajstić information content (AvgIpc) is 2.71. The molecular weight excluding hydrogens is 306 g/mol. The molecule has 0 bridgehead atoms. The Morgan fingerprint density at radius 3 is 2.50 bits per heavy atom. The second-order valence-corrected chi connectivity index (χ2v) is 3.74. The first-order valence-corrected chi connectivity index (χ1v) is 5.21. The van der Waals surface area contributed by atoms with Crippen molar-refractivity contribution in [3.8, 4) is 5.75 Å². The molecule has 0 spiro atoms. The third-order valence-corrected chi connectivity index (χ3v) is 2.24. The van der Waals surface area contributed by atoms with Crippen LogP contribution in [0.25, 0.3) is 0 Å². The molecule has 1 aromatic carbocycles. The molecular formula is C9H8BF4KN4O. The molecule has 0 unspecified atom stereocenters. The first kappa shape index (κ1) is 17.6. The van der Waals surface area contributed by atoms with Crippen LogP contribution in [-0.2, 0) is 13.7 Å². The largest absolute Gasteiger partial charge is 1.00 e. The Balaban J connectivity index is 0.00000200. The minimum atomic E-state index is -5.37. The van der Waals surface area contributed by atoms with E-state index in [2.05, 4.69) is 15.4 Å². The predicted octanol–water partition coefficient (Wildman–Crippen LogP) is -2.01. The van der Waals surface area contributed by atoms with Gasteiger partial charge in [0.15, 0.2) is 6.61 Å². The Morgan fingerprint density at radius 2 is 2.00 bits per heavy atom. The average molecular weight is 314 g/mol. The molecule has 2 aromatic rings. The van der Waals surface area contributed by atoms with Crippen LogP contribution in [-0.4, -0.2) is 27.2 Å². The molecule has 102 valence electrons. The van der Waals surface area contributed by atoms with Crippen LogP contribution in [0.3, 0.4) is 0 Å². The molecule has 0 fully saturated rings. The Labute approximate surface area is 154 Å². The van der Waals surface area contributed by atoms with E-state index in [1.807, 2.05) is 0 Å². The molecule has 0 aliphatic rings. The number of hydrogen-bond donors (Lipinski definition) is 0. The SMILES string of the molecule is Cn1nnc(COc2ccc([B-](F)(F)F)c(F)c2)n1.[K+]. The molecule has 11 heteroatoms. The summed E-state index contributed by atoms with van der Waals surface area (Å²) in [5, 5.41) is 11.0. The summed E-state index contributed by atoms with van der Waals surface area (Å²) in [4.78, 5) is 1.20. The molecule has 1 aromatic heterocycles. The third kappa shape index (κ3) is 4.52. The van der Waals surface area contributed by atoms with Crippen LogP contribution in [0.15, 0.2) is 18.2 Å². The molecule has 2 rings (SSSR count). The van der Waals surface area contributed by atoms with Gasteiger partial charge in [0.05, 0.1) is 12.9 Å². The van der Waals surface area contributed by atoms with Gasteiger partial charge in [-0.15, -0.1) is 10.2 Å². The van der Waals surface area contributed by atoms with Gasteiger partial charge in [0.2, 0.25) is 5.82 Å². The van der Waals surface area contributed by atoms with Crippen molar-refractivity contribution in [1.82, 2.24) is 20.2 Å². The van der Waals surface area contributed by atoms with Crippen molar-refractivity contribution < 1.29 is 73.5 Å². The standard InChI is InChI=1S/C9H8BF4N4O.K/c1-18-16-9(15-17-18)5-19-6-2-3-7(8(11)4-6)10(12,13)14;/h2-4H,5H2,1H3;/q-1;+1. The van der Waals surface area contributed by atoms with Crippen molar-refractivity contribution in [1.29, 1.82) is 0 Å². The number of hydrogen-bond acceptors (Lipinski definition) is 4. The summed E-state index contributed by atoms with van der Waals surface area (Å²) in [7, 11) is 1.55. The minimum Gasteiger partial charge on any atom is -0.485 e. The van der Waals surface area contributed by atoms with Crippen molar-refractivity contribution in [2.24, 2.45) is 7.05 Å². The normalized spacial score (nSPS) is 11.1. The fraction of sp³-hybridized carbons (Fsp3) is 0.222. The molecule has 0 saturated heterocycles. The predicted molar refractivity (Wildman–Crippen MR) is 58.2 cm³/mol. The van der Waals surface area contributed by atoms with Crippen LogP contribution >= 0.6 is 0 Å². The van der Waals surface area contributed by atoms with Crippen molar-refractivity contribution in [2.75, 3.05) is 0 Å². The third-order valence-electron chi connectivity index (χ3n) is 2.24. The fourth-order valence-corrected chi connectivity index (χ4v) is 1.39. The summed E-state index contributed by atoms with van der Waals surface area (Å²) in [6.07, 6.45) is 0. The van der Waals surface area contributed by atoms with Crippen LogP contribution < -0.4 is 61.6 Å². The topological polar surface area (TPSA) is 52.8 Å². The molecule has 20 heavy (non-hydrogen) atoms. The molecule has 0 atom stereocenters. The second kappa shape index (κ2) is 6.98. The molecule has 0 radical (unpaired) electrons. The monoisotopic (exact) mass is 314 g/mol. The molecule has 0 N–H and O–H groups in total. The van der Waals surface area contributed by atoms with Crippen LogP contribution in [0.1, 0.15) is 5.82 Å². The van der Waals surface area contributed by atoms with E-state index in [4.69, 9.17) is 4.74 Å². The summed E-state index contributed by atoms with van der Waals surface area (Å²) < 4.78 is 55.5. The summed E-state index contributed by atoms with van der Waals surface area (Å²) >= 11 is 0. The number of ether oxygens (including phenoxy) is 1. The zero-order valence-electron chi connectivity index (χ0n) is 10.7. The van der Waals surface area contributed by atoms with Crippen molar-refractivity contribution in [3.05, 3.63) is 29.8 Å². The first-order chi connectivity index (χ1) is 8.86. The van der Waals surface area contributed by atoms with E-state index in [-0.39, 0.29) is 69.6 Å². The van der Waals surface area contributed by atoms with Crippen LogP contribution in [0, 0.1) is 5.82 Å². The molecule has 0 amide bonds. The Morgan fingerprint density at radius 1 is 1.30 bits per heavy atom. The molecule has 1 heterocycles. The van der Waals surface area contributed by atoms with Gasteiger partial charge in [0.25, 0.3) is 0 Å². The van der Waals surface area contributed by atoms with Gasteiger partial charge in [0.1, 0.15) is 5.75 Å². The van der Waals surface area contributed by atoms with Crippen molar-refractivity contribution in [3.63, 3.8) is 0 Å². The van der Waals surface area contributed by atoms with E-state index in [0.29, 0.717) is 12.1 Å². The maximum atomic E-state index is 13.2. The van der Waals surface area contributed by atoms with Gasteiger partial charge in [-0.3, -0.25) is 0 Å². The smallest absolute Gasteiger partial charge is 0.485 e. The van der Waals surface area contributed by atoms with Crippen molar-refractivity contribution >= 4 is 12.4 Å². The quantitative estimate of drug-likeness (QED) is 0.483. The zero-order valence-corrected chi connectivity index (χ0v) is 13.8. The number of rotatable bonds is 4. The number of benzene rings is 1. The Bertz CT molecular complexity index is 592. The second-order valence-electron chi connectivity index (χ2n) is 3.74. The molecule has 0 saturated carbocycles. The summed E-state index contributed by atoms with van der Waals surface area (Å²) in [5.41, 5.74) is -1.27. The number of aryl methyl sites for hydroxylation is 1. The van der Waals surface area contributed by atoms with E-state index >= 15 is 0 Å². The number of nitrogens with zero attached hydrogens (tertiary/aromatic N) is 4. The van der Waals surface area contributed by atoms with Crippen molar-refractivity contribution in [2.45, 2.75) is 6.61 Å². The maximum Gasteiger partial charge on any atom is 1.00 e. The van der Waals surface area contributed by atoms with Gasteiger partial charge in [-0.25, -0.2) is 4.39 Å². The molecule has 0 aliphatic carbocycles. The van der Waals surface area contributed by atoms with Crippen LogP contribution in [0.4, 0.5) is 17.3 Å². The number of halogens is 4. The van der Waals surface area contributed by atoms with Gasteiger partial charge in [-0.05, 0) is 11.3 Å². The van der Waals surface area contributed by atoms with E-state index in [1.54, 1.807) is 7.05 Å². The van der Waals surface area contributed by atoms with E-state index in [9.17, 15) is 17.3 Å². The van der Waals surface area contributed by atoms with Crippen LogP contribution in [0.5, 0.6) is 5.75 Å². The van der Waals surface area contributed by atoms with Gasteiger partial charge in [-0.1, -0.05) is 11.5 Å². The summed E-state index contributed by atoms with van der Waals surface area (Å²) in [6, 6.07) is 2.37. The van der Waals surface area contributed by atoms with Gasteiger partial charge >= 0.3 is 58.4 Å². The fourth-order valence-electron chi connectivity index (χ4n) is 1.39. The van der Waals surface area contributed by atoms with Gasteiger partial charge < -0.3 is 17.7 Å². The molecule has 5 nitrogen and oxygen atoms in total. The summed E-state index contributed by atoms with van der Waals surface area (Å²) in [5.74, 6) is -1.15. The number of aromatic nitrogens is 4. The van der Waals surface area contributed by atoms with Crippen LogP contribution in [0.2, 0.25) is 0 Å². The zero-order chi connectivity index (χ0) is 14.0. The number of tetrazole rings is 1.